The summed E-state index contributed by atoms with van der Waals surface area (Å²) in [6.07, 6.45) is 6.39. The SMILES string of the molecule is CCc1nnc(Nc2cc([C@@H]3CCCN3c3ccncn3)nc(C)n2)s1. The predicted molar refractivity (Wildman–Crippen MR) is 101 cm³/mol. The van der Waals surface area contributed by atoms with Crippen LogP contribution in [-0.2, 0) is 6.42 Å². The topological polar surface area (TPSA) is 92.6 Å². The molecular formula is C17H20N8S. The molecule has 0 amide bonds. The number of rotatable bonds is 5. The monoisotopic (exact) mass is 368 g/mol. The molecule has 134 valence electrons. The van der Waals surface area contributed by atoms with Gasteiger partial charge in [0.25, 0.3) is 0 Å². The molecule has 1 fully saturated rings. The fourth-order valence-electron chi connectivity index (χ4n) is 3.18. The molecule has 4 heterocycles. The quantitative estimate of drug-likeness (QED) is 0.734. The number of nitrogens with one attached hydrogen (secondary N) is 1. The average molecular weight is 368 g/mol. The van der Waals surface area contributed by atoms with Crippen LogP contribution in [0.4, 0.5) is 16.8 Å². The molecule has 1 saturated heterocycles. The molecule has 4 rings (SSSR count). The zero-order valence-corrected chi connectivity index (χ0v) is 15.6. The van der Waals surface area contributed by atoms with Gasteiger partial charge in [0.05, 0.1) is 11.7 Å². The number of hydrogen-bond acceptors (Lipinski definition) is 9. The maximum Gasteiger partial charge on any atom is 0.211 e. The van der Waals surface area contributed by atoms with Crippen LogP contribution in [0.25, 0.3) is 0 Å². The smallest absolute Gasteiger partial charge is 0.211 e. The van der Waals surface area contributed by atoms with Gasteiger partial charge in [0.2, 0.25) is 5.13 Å². The van der Waals surface area contributed by atoms with Crippen LogP contribution in [0.5, 0.6) is 0 Å². The molecule has 1 aliphatic heterocycles. The molecule has 26 heavy (non-hydrogen) atoms. The van der Waals surface area contributed by atoms with E-state index in [0.29, 0.717) is 0 Å². The molecule has 0 bridgehead atoms. The van der Waals surface area contributed by atoms with Gasteiger partial charge in [-0.25, -0.2) is 19.9 Å². The van der Waals surface area contributed by atoms with E-state index in [-0.39, 0.29) is 6.04 Å². The minimum absolute atomic E-state index is 0.188. The molecule has 8 nitrogen and oxygen atoms in total. The molecule has 0 radical (unpaired) electrons. The van der Waals surface area contributed by atoms with Gasteiger partial charge in [-0.1, -0.05) is 18.3 Å². The van der Waals surface area contributed by atoms with Crippen LogP contribution in [-0.4, -0.2) is 36.7 Å². The molecule has 0 spiro atoms. The molecule has 9 heteroatoms. The molecule has 1 N–H and O–H groups in total. The highest BCUT2D eigenvalue weighted by atomic mass is 32.1. The molecule has 0 unspecified atom stereocenters. The van der Waals surface area contributed by atoms with Crippen molar-refractivity contribution < 1.29 is 0 Å². The Labute approximate surface area is 155 Å². The van der Waals surface area contributed by atoms with Crippen molar-refractivity contribution in [3.05, 3.63) is 41.2 Å². The molecule has 3 aromatic rings. The summed E-state index contributed by atoms with van der Waals surface area (Å²) >= 11 is 1.55. The number of nitrogens with zero attached hydrogens (tertiary/aromatic N) is 7. The molecule has 1 aliphatic rings. The van der Waals surface area contributed by atoms with Crippen molar-refractivity contribution in [3.63, 3.8) is 0 Å². The average Bonchev–Trinajstić information content (AvgIpc) is 3.31. The van der Waals surface area contributed by atoms with Crippen LogP contribution in [0.1, 0.15) is 42.3 Å². The number of aryl methyl sites for hydroxylation is 2. The van der Waals surface area contributed by atoms with E-state index in [9.17, 15) is 0 Å². The third-order valence-corrected chi connectivity index (χ3v) is 5.30. The van der Waals surface area contributed by atoms with Gasteiger partial charge in [-0.05, 0) is 32.3 Å². The molecule has 3 aromatic heterocycles. The van der Waals surface area contributed by atoms with Crippen molar-refractivity contribution in [2.75, 3.05) is 16.8 Å². The first-order valence-corrected chi connectivity index (χ1v) is 9.52. The summed E-state index contributed by atoms with van der Waals surface area (Å²) in [6.45, 7) is 4.94. The van der Waals surface area contributed by atoms with Crippen LogP contribution in [0, 0.1) is 6.92 Å². The van der Waals surface area contributed by atoms with Crippen LogP contribution >= 0.6 is 11.3 Å². The first-order valence-electron chi connectivity index (χ1n) is 8.70. The van der Waals surface area contributed by atoms with E-state index in [4.69, 9.17) is 0 Å². The highest BCUT2D eigenvalue weighted by molar-refractivity contribution is 7.15. The fourth-order valence-corrected chi connectivity index (χ4v) is 3.87. The summed E-state index contributed by atoms with van der Waals surface area (Å²) in [6, 6.07) is 4.14. The summed E-state index contributed by atoms with van der Waals surface area (Å²) in [5.41, 5.74) is 0.997. The summed E-state index contributed by atoms with van der Waals surface area (Å²) in [4.78, 5) is 19.9. The Balaban J connectivity index is 1.61. The lowest BCUT2D eigenvalue weighted by Gasteiger charge is -2.25. The minimum atomic E-state index is 0.188. The van der Waals surface area contributed by atoms with Gasteiger partial charge in [-0.3, -0.25) is 0 Å². The van der Waals surface area contributed by atoms with E-state index in [1.165, 1.54) is 0 Å². The molecule has 0 saturated carbocycles. The fraction of sp³-hybridized carbons (Fsp3) is 0.412. The Morgan fingerprint density at radius 1 is 1.31 bits per heavy atom. The zero-order valence-electron chi connectivity index (χ0n) is 14.8. The van der Waals surface area contributed by atoms with Crippen molar-refractivity contribution in [1.82, 2.24) is 30.1 Å². The summed E-state index contributed by atoms with van der Waals surface area (Å²) in [5, 5.41) is 13.3. The van der Waals surface area contributed by atoms with Gasteiger partial charge >= 0.3 is 0 Å². The molecular weight excluding hydrogens is 348 g/mol. The third kappa shape index (κ3) is 3.48. The summed E-state index contributed by atoms with van der Waals surface area (Å²) in [5.74, 6) is 2.42. The van der Waals surface area contributed by atoms with Gasteiger partial charge in [0, 0.05) is 18.8 Å². The van der Waals surface area contributed by atoms with E-state index < -0.39 is 0 Å². The number of aromatic nitrogens is 6. The van der Waals surface area contributed by atoms with E-state index in [1.54, 1.807) is 23.9 Å². The van der Waals surface area contributed by atoms with Gasteiger partial charge < -0.3 is 10.2 Å². The lowest BCUT2D eigenvalue weighted by Crippen LogP contribution is -2.24. The van der Waals surface area contributed by atoms with Crippen LogP contribution < -0.4 is 10.2 Å². The van der Waals surface area contributed by atoms with Crippen molar-refractivity contribution in [2.45, 2.75) is 39.2 Å². The third-order valence-electron chi connectivity index (χ3n) is 4.32. The van der Waals surface area contributed by atoms with Crippen molar-refractivity contribution in [3.8, 4) is 0 Å². The van der Waals surface area contributed by atoms with Gasteiger partial charge in [0.1, 0.15) is 28.8 Å². The molecule has 1 atom stereocenters. The highest BCUT2D eigenvalue weighted by Gasteiger charge is 2.28. The predicted octanol–water partition coefficient (Wildman–Crippen LogP) is 3.07. The Morgan fingerprint density at radius 2 is 2.23 bits per heavy atom. The second kappa shape index (κ2) is 7.28. The second-order valence-corrected chi connectivity index (χ2v) is 7.19. The maximum atomic E-state index is 4.69. The van der Waals surface area contributed by atoms with Gasteiger partial charge in [-0.15, -0.1) is 10.2 Å². The first kappa shape index (κ1) is 16.8. The number of anilines is 3. The lowest BCUT2D eigenvalue weighted by atomic mass is 10.1. The normalized spacial score (nSPS) is 16.8. The Morgan fingerprint density at radius 3 is 3.00 bits per heavy atom. The largest absolute Gasteiger partial charge is 0.348 e. The minimum Gasteiger partial charge on any atom is -0.348 e. The Bertz CT molecular complexity index is 881. The van der Waals surface area contributed by atoms with E-state index in [2.05, 4.69) is 47.3 Å². The Kier molecular flexibility index (Phi) is 4.70. The van der Waals surface area contributed by atoms with Crippen molar-refractivity contribution in [2.24, 2.45) is 0 Å². The standard InChI is InChI=1S/C17H20N8S/c1-3-16-23-24-17(26-16)22-14-9-12(20-11(2)21-14)13-5-4-8-25(13)15-6-7-18-10-19-15/h6-7,9-10,13H,3-5,8H2,1-2H3,(H,20,21,22,24)/t13-/m0/s1. The first-order chi connectivity index (χ1) is 12.7. The van der Waals surface area contributed by atoms with Crippen molar-refractivity contribution in [1.29, 1.82) is 0 Å². The van der Waals surface area contributed by atoms with Crippen LogP contribution in [0.15, 0.2) is 24.7 Å². The van der Waals surface area contributed by atoms with Crippen LogP contribution in [0.2, 0.25) is 0 Å². The van der Waals surface area contributed by atoms with Gasteiger partial charge in [0.15, 0.2) is 0 Å². The van der Waals surface area contributed by atoms with E-state index >= 15 is 0 Å². The van der Waals surface area contributed by atoms with Crippen molar-refractivity contribution >= 4 is 28.1 Å². The summed E-state index contributed by atoms with van der Waals surface area (Å²) < 4.78 is 0. The van der Waals surface area contributed by atoms with E-state index in [0.717, 1.165) is 59.1 Å². The molecule has 0 aliphatic carbocycles. The summed E-state index contributed by atoms with van der Waals surface area (Å²) in [7, 11) is 0. The second-order valence-electron chi connectivity index (χ2n) is 6.12. The van der Waals surface area contributed by atoms with Crippen LogP contribution in [0.3, 0.4) is 0 Å². The highest BCUT2D eigenvalue weighted by Crippen LogP contribution is 2.35. The molecule has 0 aromatic carbocycles. The Hall–Kier alpha value is -2.68. The number of hydrogen-bond donors (Lipinski definition) is 1. The zero-order chi connectivity index (χ0) is 17.9. The maximum absolute atomic E-state index is 4.69. The lowest BCUT2D eigenvalue weighted by molar-refractivity contribution is 0.680. The van der Waals surface area contributed by atoms with E-state index in [1.807, 2.05) is 19.1 Å². The van der Waals surface area contributed by atoms with Gasteiger partial charge in [-0.2, -0.15) is 0 Å².